The Morgan fingerprint density at radius 2 is 2.28 bits per heavy atom. The van der Waals surface area contributed by atoms with Crippen LogP contribution in [-0.4, -0.2) is 32.7 Å². The molecule has 3 N–H and O–H groups in total. The fourth-order valence-corrected chi connectivity index (χ4v) is 1.46. The fraction of sp³-hybridized carbons (Fsp3) is 0.357. The number of aryl methyl sites for hydroxylation is 1. The SMILES string of the molecule is COCCNC(=O)c1cc(C#CCN)ccc1C. The number of rotatable bonds is 4. The second-order valence-electron chi connectivity index (χ2n) is 3.78. The topological polar surface area (TPSA) is 64.3 Å². The standard InChI is InChI=1S/C14H18N2O2/c1-11-5-6-12(4-3-7-15)10-13(11)14(17)16-8-9-18-2/h5-6,10H,7-9,15H2,1-2H3,(H,16,17). The molecule has 0 aliphatic carbocycles. The van der Waals surface area contributed by atoms with E-state index in [4.69, 9.17) is 10.5 Å². The average Bonchev–Trinajstić information content (AvgIpc) is 2.38. The number of carbonyl (C=O) groups is 1. The molecule has 1 aromatic carbocycles. The molecule has 0 fully saturated rings. The number of nitrogens with one attached hydrogen (secondary N) is 1. The predicted octanol–water partition coefficient (Wildman–Crippen LogP) is 0.681. The number of benzene rings is 1. The summed E-state index contributed by atoms with van der Waals surface area (Å²) in [6, 6.07) is 5.54. The minimum Gasteiger partial charge on any atom is -0.383 e. The van der Waals surface area contributed by atoms with Crippen LogP contribution in [0.3, 0.4) is 0 Å². The number of hydrogen-bond donors (Lipinski definition) is 2. The molecule has 0 aliphatic heterocycles. The van der Waals surface area contributed by atoms with Crippen molar-refractivity contribution in [3.63, 3.8) is 0 Å². The Morgan fingerprint density at radius 1 is 1.50 bits per heavy atom. The summed E-state index contributed by atoms with van der Waals surface area (Å²) < 4.78 is 4.88. The molecular formula is C14H18N2O2. The summed E-state index contributed by atoms with van der Waals surface area (Å²) in [7, 11) is 1.60. The van der Waals surface area contributed by atoms with Crippen molar-refractivity contribution in [2.24, 2.45) is 5.73 Å². The number of ether oxygens (including phenoxy) is 1. The minimum absolute atomic E-state index is 0.110. The van der Waals surface area contributed by atoms with Crippen LogP contribution in [0, 0.1) is 18.8 Å². The number of hydrogen-bond acceptors (Lipinski definition) is 3. The third-order valence-corrected chi connectivity index (χ3v) is 2.41. The van der Waals surface area contributed by atoms with Gasteiger partial charge in [0, 0.05) is 24.8 Å². The lowest BCUT2D eigenvalue weighted by atomic mass is 10.0. The van der Waals surface area contributed by atoms with E-state index < -0.39 is 0 Å². The lowest BCUT2D eigenvalue weighted by Gasteiger charge is -2.07. The van der Waals surface area contributed by atoms with Gasteiger partial charge in [-0.2, -0.15) is 0 Å². The molecule has 0 bridgehead atoms. The van der Waals surface area contributed by atoms with Crippen LogP contribution in [0.15, 0.2) is 18.2 Å². The largest absolute Gasteiger partial charge is 0.383 e. The van der Waals surface area contributed by atoms with Crippen LogP contribution in [0.5, 0.6) is 0 Å². The summed E-state index contributed by atoms with van der Waals surface area (Å²) in [5.41, 5.74) is 7.67. The molecule has 4 heteroatoms. The van der Waals surface area contributed by atoms with Gasteiger partial charge in [0.2, 0.25) is 0 Å². The Morgan fingerprint density at radius 3 is 2.94 bits per heavy atom. The average molecular weight is 246 g/mol. The van der Waals surface area contributed by atoms with Crippen LogP contribution in [0.4, 0.5) is 0 Å². The van der Waals surface area contributed by atoms with E-state index in [2.05, 4.69) is 17.2 Å². The Kier molecular flexibility index (Phi) is 5.92. The number of amides is 1. The van der Waals surface area contributed by atoms with Crippen LogP contribution in [0.25, 0.3) is 0 Å². The Hall–Kier alpha value is -1.83. The first-order valence-electron chi connectivity index (χ1n) is 5.75. The normalized spacial score (nSPS) is 9.50. The molecule has 96 valence electrons. The van der Waals surface area contributed by atoms with Crippen LogP contribution < -0.4 is 11.1 Å². The maximum Gasteiger partial charge on any atom is 0.251 e. The van der Waals surface area contributed by atoms with Gasteiger partial charge in [0.15, 0.2) is 0 Å². The van der Waals surface area contributed by atoms with Crippen molar-refractivity contribution in [2.45, 2.75) is 6.92 Å². The first-order valence-corrected chi connectivity index (χ1v) is 5.75. The first kappa shape index (κ1) is 14.2. The molecule has 0 atom stereocenters. The lowest BCUT2D eigenvalue weighted by Crippen LogP contribution is -2.27. The molecule has 0 saturated carbocycles. The number of methoxy groups -OCH3 is 1. The highest BCUT2D eigenvalue weighted by Gasteiger charge is 2.08. The molecule has 0 spiro atoms. The molecule has 4 nitrogen and oxygen atoms in total. The molecule has 0 aliphatic rings. The van der Waals surface area contributed by atoms with Crippen molar-refractivity contribution in [1.29, 1.82) is 0 Å². The van der Waals surface area contributed by atoms with Gasteiger partial charge in [-0.1, -0.05) is 17.9 Å². The lowest BCUT2D eigenvalue weighted by molar-refractivity contribution is 0.0936. The Bertz CT molecular complexity index is 472. The fourth-order valence-electron chi connectivity index (χ4n) is 1.46. The second kappa shape index (κ2) is 7.49. The molecule has 0 aromatic heterocycles. The van der Waals surface area contributed by atoms with Gasteiger partial charge in [-0.15, -0.1) is 0 Å². The van der Waals surface area contributed by atoms with Crippen molar-refractivity contribution in [2.75, 3.05) is 26.8 Å². The Balaban J connectivity index is 2.83. The van der Waals surface area contributed by atoms with Gasteiger partial charge in [-0.05, 0) is 24.6 Å². The zero-order valence-electron chi connectivity index (χ0n) is 10.7. The predicted molar refractivity (Wildman–Crippen MR) is 71.3 cm³/mol. The van der Waals surface area contributed by atoms with E-state index in [1.807, 2.05) is 19.1 Å². The van der Waals surface area contributed by atoms with E-state index in [0.717, 1.165) is 11.1 Å². The van der Waals surface area contributed by atoms with Gasteiger partial charge >= 0.3 is 0 Å². The quantitative estimate of drug-likeness (QED) is 0.606. The van der Waals surface area contributed by atoms with Gasteiger partial charge in [-0.25, -0.2) is 0 Å². The Labute approximate surface area is 108 Å². The minimum atomic E-state index is -0.110. The summed E-state index contributed by atoms with van der Waals surface area (Å²) in [6.07, 6.45) is 0. The number of nitrogens with two attached hydrogens (primary N) is 1. The summed E-state index contributed by atoms with van der Waals surface area (Å²) in [6.45, 7) is 3.19. The molecule has 18 heavy (non-hydrogen) atoms. The molecule has 0 unspecified atom stereocenters. The van der Waals surface area contributed by atoms with Gasteiger partial charge < -0.3 is 15.8 Å². The van der Waals surface area contributed by atoms with E-state index in [-0.39, 0.29) is 5.91 Å². The van der Waals surface area contributed by atoms with Crippen molar-refractivity contribution >= 4 is 5.91 Å². The van der Waals surface area contributed by atoms with Crippen molar-refractivity contribution in [3.05, 3.63) is 34.9 Å². The maximum atomic E-state index is 11.9. The van der Waals surface area contributed by atoms with E-state index in [9.17, 15) is 4.79 Å². The van der Waals surface area contributed by atoms with Crippen molar-refractivity contribution in [3.8, 4) is 11.8 Å². The maximum absolute atomic E-state index is 11.9. The monoisotopic (exact) mass is 246 g/mol. The van der Waals surface area contributed by atoms with Gasteiger partial charge in [0.1, 0.15) is 0 Å². The molecule has 1 rings (SSSR count). The highest BCUT2D eigenvalue weighted by atomic mass is 16.5. The second-order valence-corrected chi connectivity index (χ2v) is 3.78. The summed E-state index contributed by atoms with van der Waals surface area (Å²) >= 11 is 0. The van der Waals surface area contributed by atoms with Crippen LogP contribution in [-0.2, 0) is 4.74 Å². The summed E-state index contributed by atoms with van der Waals surface area (Å²) in [5.74, 6) is 5.57. The summed E-state index contributed by atoms with van der Waals surface area (Å²) in [5, 5.41) is 2.79. The third-order valence-electron chi connectivity index (χ3n) is 2.41. The van der Waals surface area contributed by atoms with E-state index in [1.165, 1.54) is 0 Å². The zero-order valence-corrected chi connectivity index (χ0v) is 10.7. The summed E-state index contributed by atoms with van der Waals surface area (Å²) in [4.78, 5) is 11.9. The molecule has 0 heterocycles. The highest BCUT2D eigenvalue weighted by molar-refractivity contribution is 5.96. The van der Waals surface area contributed by atoms with Gasteiger partial charge in [-0.3, -0.25) is 4.79 Å². The smallest absolute Gasteiger partial charge is 0.251 e. The first-order chi connectivity index (χ1) is 8.69. The van der Waals surface area contributed by atoms with E-state index in [0.29, 0.717) is 25.3 Å². The van der Waals surface area contributed by atoms with Crippen molar-refractivity contribution in [1.82, 2.24) is 5.32 Å². The van der Waals surface area contributed by atoms with Gasteiger partial charge in [0.05, 0.1) is 13.2 Å². The molecule has 0 saturated heterocycles. The molecular weight excluding hydrogens is 228 g/mol. The molecule has 0 radical (unpaired) electrons. The van der Waals surface area contributed by atoms with Crippen LogP contribution >= 0.6 is 0 Å². The van der Waals surface area contributed by atoms with E-state index in [1.54, 1.807) is 13.2 Å². The third kappa shape index (κ3) is 4.21. The molecule has 1 aromatic rings. The van der Waals surface area contributed by atoms with Crippen LogP contribution in [0.1, 0.15) is 21.5 Å². The van der Waals surface area contributed by atoms with E-state index >= 15 is 0 Å². The zero-order chi connectivity index (χ0) is 13.4. The van der Waals surface area contributed by atoms with Gasteiger partial charge in [0.25, 0.3) is 5.91 Å². The molecule has 1 amide bonds. The highest BCUT2D eigenvalue weighted by Crippen LogP contribution is 2.10. The number of carbonyl (C=O) groups excluding carboxylic acids is 1. The van der Waals surface area contributed by atoms with Crippen LogP contribution in [0.2, 0.25) is 0 Å². The van der Waals surface area contributed by atoms with Crippen molar-refractivity contribution < 1.29 is 9.53 Å².